The number of hydrogen-bond donors (Lipinski definition) is 5. The Bertz CT molecular complexity index is 739. The van der Waals surface area contributed by atoms with Crippen LogP contribution >= 0.6 is 7.82 Å². The number of carbonyl (C=O) groups is 2. The summed E-state index contributed by atoms with van der Waals surface area (Å²) in [7, 11) is -4.63. The lowest BCUT2D eigenvalue weighted by molar-refractivity contribution is -0.192. The molecule has 0 unspecified atom stereocenters. The molecule has 184 valence electrons. The number of benzene rings is 1. The van der Waals surface area contributed by atoms with E-state index < -0.39 is 38.5 Å². The lowest BCUT2D eigenvalue weighted by atomic mass is 10.0. The Balaban J connectivity index is 0.00000118. The topological polar surface area (TPSA) is 159 Å². The summed E-state index contributed by atoms with van der Waals surface area (Å²) in [6, 6.07) is 6.34. The monoisotopic (exact) mass is 486 g/mol. The van der Waals surface area contributed by atoms with E-state index >= 15 is 0 Å². The van der Waals surface area contributed by atoms with Gasteiger partial charge in [0.15, 0.2) is 0 Å². The highest BCUT2D eigenvalue weighted by Crippen LogP contribution is 2.35. The number of carbonyl (C=O) groups excluding carboxylic acids is 1. The summed E-state index contributed by atoms with van der Waals surface area (Å²) in [6.45, 7) is 1.66. The van der Waals surface area contributed by atoms with Gasteiger partial charge in [-0.25, -0.2) is 9.36 Å². The quantitative estimate of drug-likeness (QED) is 0.221. The maximum absolute atomic E-state index is 11.8. The number of anilines is 1. The van der Waals surface area contributed by atoms with Crippen LogP contribution in [0.3, 0.4) is 0 Å². The Labute approximate surface area is 184 Å². The van der Waals surface area contributed by atoms with Crippen LogP contribution in [0.2, 0.25) is 0 Å². The van der Waals surface area contributed by atoms with Gasteiger partial charge in [-0.1, -0.05) is 51.2 Å². The van der Waals surface area contributed by atoms with Crippen molar-refractivity contribution >= 4 is 25.4 Å². The molecule has 0 spiro atoms. The average Bonchev–Trinajstić information content (AvgIpc) is 2.69. The molecular weight excluding hydrogens is 456 g/mol. The molecular formula is C19H30F3N2O7P. The van der Waals surface area contributed by atoms with Gasteiger partial charge in [-0.3, -0.25) is 9.32 Å². The summed E-state index contributed by atoms with van der Waals surface area (Å²) in [4.78, 5) is 37.9. The number of rotatable bonds is 12. The van der Waals surface area contributed by atoms with Gasteiger partial charge in [-0.2, -0.15) is 13.2 Å². The van der Waals surface area contributed by atoms with Crippen LogP contribution in [0.5, 0.6) is 0 Å². The Morgan fingerprint density at radius 1 is 1.09 bits per heavy atom. The van der Waals surface area contributed by atoms with Crippen molar-refractivity contribution in [1.82, 2.24) is 0 Å². The van der Waals surface area contributed by atoms with Gasteiger partial charge in [0, 0.05) is 5.69 Å². The fourth-order valence-electron chi connectivity index (χ4n) is 2.35. The first-order chi connectivity index (χ1) is 14.8. The molecule has 0 bridgehead atoms. The Hall–Kier alpha value is -1.98. The second-order valence-electron chi connectivity index (χ2n) is 6.90. The molecule has 0 saturated heterocycles. The van der Waals surface area contributed by atoms with Crippen molar-refractivity contribution in [3.63, 3.8) is 0 Å². The van der Waals surface area contributed by atoms with Crippen LogP contribution in [0.25, 0.3) is 0 Å². The average molecular weight is 486 g/mol. The predicted octanol–water partition coefficient (Wildman–Crippen LogP) is 3.60. The number of nitrogens with one attached hydrogen (secondary N) is 1. The van der Waals surface area contributed by atoms with Crippen molar-refractivity contribution < 1.29 is 46.7 Å². The number of nitrogens with two attached hydrogens (primary N) is 1. The van der Waals surface area contributed by atoms with Crippen molar-refractivity contribution in [2.75, 3.05) is 11.9 Å². The van der Waals surface area contributed by atoms with E-state index in [2.05, 4.69) is 16.8 Å². The van der Waals surface area contributed by atoms with E-state index in [-0.39, 0.29) is 0 Å². The molecule has 0 radical (unpaired) electrons. The van der Waals surface area contributed by atoms with Crippen LogP contribution in [-0.2, 0) is 25.1 Å². The molecule has 0 aliphatic rings. The number of phosphoric acid groups is 1. The number of aliphatic carboxylic acids is 1. The Kier molecular flexibility index (Phi) is 14.0. The highest BCUT2D eigenvalue weighted by atomic mass is 31.2. The van der Waals surface area contributed by atoms with Crippen LogP contribution < -0.4 is 11.1 Å². The minimum Gasteiger partial charge on any atom is -0.475 e. The van der Waals surface area contributed by atoms with Gasteiger partial charge in [-0.15, -0.1) is 0 Å². The van der Waals surface area contributed by atoms with E-state index in [1.807, 2.05) is 12.1 Å². The van der Waals surface area contributed by atoms with E-state index in [9.17, 15) is 22.5 Å². The van der Waals surface area contributed by atoms with Gasteiger partial charge in [0.1, 0.15) is 6.04 Å². The number of amides is 1. The van der Waals surface area contributed by atoms with Crippen molar-refractivity contribution in [1.29, 1.82) is 0 Å². The van der Waals surface area contributed by atoms with Gasteiger partial charge in [0.05, 0.1) is 6.61 Å². The molecule has 1 aromatic rings. The van der Waals surface area contributed by atoms with Crippen molar-refractivity contribution in [3.8, 4) is 0 Å². The smallest absolute Gasteiger partial charge is 0.475 e. The molecule has 0 saturated carbocycles. The molecule has 0 aliphatic heterocycles. The van der Waals surface area contributed by atoms with E-state index in [1.165, 1.54) is 37.7 Å². The first kappa shape index (κ1) is 30.0. The number of carboxylic acids is 1. The van der Waals surface area contributed by atoms with Crippen LogP contribution in [0.4, 0.5) is 18.9 Å². The molecule has 1 aromatic carbocycles. The van der Waals surface area contributed by atoms with Gasteiger partial charge in [-0.05, 0) is 30.5 Å². The fraction of sp³-hybridized carbons (Fsp3) is 0.579. The molecule has 9 nitrogen and oxygen atoms in total. The highest BCUT2D eigenvalue weighted by molar-refractivity contribution is 7.46. The summed E-state index contributed by atoms with van der Waals surface area (Å²) < 4.78 is 46.6. The van der Waals surface area contributed by atoms with Gasteiger partial charge >= 0.3 is 20.0 Å². The van der Waals surface area contributed by atoms with Crippen LogP contribution in [-0.4, -0.2) is 45.6 Å². The number of halogens is 3. The molecule has 6 N–H and O–H groups in total. The SMILES string of the molecule is CCCCCCCCc1ccc(NC(=O)[C@H](N)COP(=O)(O)O)cc1.O=C(O)C(F)(F)F. The third-order valence-electron chi connectivity index (χ3n) is 4.04. The number of hydrogen-bond acceptors (Lipinski definition) is 5. The summed E-state index contributed by atoms with van der Waals surface area (Å²) in [5.74, 6) is -3.32. The van der Waals surface area contributed by atoms with Crippen molar-refractivity contribution in [2.24, 2.45) is 5.73 Å². The van der Waals surface area contributed by atoms with Gasteiger partial charge < -0.3 is 25.9 Å². The van der Waals surface area contributed by atoms with Crippen LogP contribution in [0, 0.1) is 0 Å². The number of phosphoric ester groups is 1. The summed E-state index contributed by atoms with van der Waals surface area (Å²) in [5.41, 5.74) is 7.33. The lowest BCUT2D eigenvalue weighted by Gasteiger charge is -2.13. The molecule has 1 atom stereocenters. The molecule has 32 heavy (non-hydrogen) atoms. The minimum absolute atomic E-state index is 0.549. The predicted molar refractivity (Wildman–Crippen MR) is 112 cm³/mol. The highest BCUT2D eigenvalue weighted by Gasteiger charge is 2.38. The standard InChI is InChI=1S/C17H29N2O5P.C2HF3O2/c1-2-3-4-5-6-7-8-14-9-11-15(12-10-14)19-17(20)16(18)13-24-25(21,22)23;3-2(4,5)1(6)7/h9-12,16H,2-8,13,18H2,1H3,(H,19,20)(H2,21,22,23);(H,6,7)/t16-;/m1./s1. The van der Waals surface area contributed by atoms with Gasteiger partial charge in [0.25, 0.3) is 0 Å². The van der Waals surface area contributed by atoms with Crippen LogP contribution in [0.15, 0.2) is 24.3 Å². The van der Waals surface area contributed by atoms with E-state index in [0.29, 0.717) is 5.69 Å². The minimum atomic E-state index is -5.08. The maximum Gasteiger partial charge on any atom is 0.490 e. The molecule has 13 heteroatoms. The zero-order valence-corrected chi connectivity index (χ0v) is 18.6. The number of alkyl halides is 3. The number of carboxylic acid groups (broad SMARTS) is 1. The lowest BCUT2D eigenvalue weighted by Crippen LogP contribution is -2.39. The van der Waals surface area contributed by atoms with E-state index in [4.69, 9.17) is 25.4 Å². The van der Waals surface area contributed by atoms with E-state index in [1.54, 1.807) is 12.1 Å². The first-order valence-electron chi connectivity index (χ1n) is 9.91. The van der Waals surface area contributed by atoms with Gasteiger partial charge in [0.2, 0.25) is 5.91 Å². The Morgan fingerprint density at radius 2 is 1.59 bits per heavy atom. The normalized spacial score (nSPS) is 12.5. The summed E-state index contributed by atoms with van der Waals surface area (Å²) >= 11 is 0. The second kappa shape index (κ2) is 15.0. The van der Waals surface area contributed by atoms with Crippen LogP contribution in [0.1, 0.15) is 51.0 Å². The molecule has 1 rings (SSSR count). The second-order valence-corrected chi connectivity index (χ2v) is 8.14. The van der Waals surface area contributed by atoms with Crippen molar-refractivity contribution in [2.45, 2.75) is 64.1 Å². The van der Waals surface area contributed by atoms with E-state index in [0.717, 1.165) is 12.8 Å². The first-order valence-corrected chi connectivity index (χ1v) is 11.4. The zero-order chi connectivity index (χ0) is 24.8. The molecule has 0 heterocycles. The largest absolute Gasteiger partial charge is 0.490 e. The third-order valence-corrected chi connectivity index (χ3v) is 4.53. The van der Waals surface area contributed by atoms with Crippen molar-refractivity contribution in [3.05, 3.63) is 29.8 Å². The summed E-state index contributed by atoms with van der Waals surface area (Å²) in [5, 5.41) is 9.72. The molecule has 0 aliphatic carbocycles. The third kappa shape index (κ3) is 15.8. The number of unbranched alkanes of at least 4 members (excludes halogenated alkanes) is 5. The number of aryl methyl sites for hydroxylation is 1. The molecule has 0 fully saturated rings. The maximum atomic E-state index is 11.8. The molecule has 0 aromatic heterocycles. The fourth-order valence-corrected chi connectivity index (χ4v) is 2.71. The Morgan fingerprint density at radius 3 is 2.06 bits per heavy atom. The summed E-state index contributed by atoms with van der Waals surface area (Å²) in [6.07, 6.45) is 3.44. The zero-order valence-electron chi connectivity index (χ0n) is 17.7. The molecule has 1 amide bonds.